The van der Waals surface area contributed by atoms with E-state index in [9.17, 15) is 0 Å². The molecule has 6 heteroatoms. The molecule has 4 aromatic heterocycles. The van der Waals surface area contributed by atoms with E-state index in [1.54, 1.807) is 24.8 Å². The zero-order chi connectivity index (χ0) is 20.8. The molecule has 4 nitrogen and oxygen atoms in total. The van der Waals surface area contributed by atoms with Gasteiger partial charge in [-0.25, -0.2) is 0 Å². The molecule has 4 aromatic rings. The van der Waals surface area contributed by atoms with Crippen LogP contribution in [0.4, 0.5) is 0 Å². The molecule has 0 N–H and O–H groups in total. The van der Waals surface area contributed by atoms with Gasteiger partial charge < -0.3 is 0 Å². The van der Waals surface area contributed by atoms with E-state index in [1.807, 2.05) is 48.5 Å². The van der Waals surface area contributed by atoms with Gasteiger partial charge in [-0.05, 0) is 60.4 Å². The first-order valence-electron chi connectivity index (χ1n) is 8.85. The molecule has 0 amide bonds. The standard InChI is InChI=1S/C24H12Br2N4/c25-19-7-11-29-23(15-19)21-13-17(5-9-27-21)3-1-2-4-18-6-10-28-22(14-18)24-16-20(26)8-12-30-24/h5-16H. The Balaban J connectivity index is 1.54. The van der Waals surface area contributed by atoms with Crippen LogP contribution < -0.4 is 0 Å². The van der Waals surface area contributed by atoms with Gasteiger partial charge in [-0.1, -0.05) is 43.7 Å². The fourth-order valence-corrected chi connectivity index (χ4v) is 3.26. The van der Waals surface area contributed by atoms with E-state index in [-0.39, 0.29) is 0 Å². The summed E-state index contributed by atoms with van der Waals surface area (Å²) in [5, 5.41) is 0. The summed E-state index contributed by atoms with van der Waals surface area (Å²) in [7, 11) is 0. The monoisotopic (exact) mass is 514 g/mol. The van der Waals surface area contributed by atoms with Gasteiger partial charge in [0.25, 0.3) is 0 Å². The maximum Gasteiger partial charge on any atom is 0.0898 e. The van der Waals surface area contributed by atoms with Gasteiger partial charge in [-0.15, -0.1) is 0 Å². The highest BCUT2D eigenvalue weighted by atomic mass is 79.9. The van der Waals surface area contributed by atoms with Crippen molar-refractivity contribution in [2.45, 2.75) is 0 Å². The van der Waals surface area contributed by atoms with Crippen LogP contribution >= 0.6 is 31.9 Å². The molecular formula is C24H12Br2N4. The number of rotatable bonds is 2. The third kappa shape index (κ3) is 5.18. The van der Waals surface area contributed by atoms with E-state index in [1.165, 1.54) is 0 Å². The number of pyridine rings is 4. The molecule has 30 heavy (non-hydrogen) atoms. The highest BCUT2D eigenvalue weighted by Crippen LogP contribution is 2.20. The Morgan fingerprint density at radius 2 is 0.867 bits per heavy atom. The Bertz CT molecular complexity index is 1240. The Labute approximate surface area is 191 Å². The van der Waals surface area contributed by atoms with Crippen molar-refractivity contribution in [3.8, 4) is 46.5 Å². The summed E-state index contributed by atoms with van der Waals surface area (Å²) in [5.74, 6) is 11.9. The molecule has 0 aliphatic rings. The van der Waals surface area contributed by atoms with Crippen LogP contribution in [0.1, 0.15) is 11.1 Å². The molecule has 142 valence electrons. The minimum Gasteiger partial charge on any atom is -0.255 e. The topological polar surface area (TPSA) is 51.6 Å². The van der Waals surface area contributed by atoms with Gasteiger partial charge in [0, 0.05) is 44.9 Å². The minimum atomic E-state index is 0.761. The molecule has 4 rings (SSSR count). The lowest BCUT2D eigenvalue weighted by Crippen LogP contribution is -1.88. The lowest BCUT2D eigenvalue weighted by atomic mass is 10.2. The van der Waals surface area contributed by atoms with Gasteiger partial charge in [0.05, 0.1) is 22.8 Å². The Kier molecular flexibility index (Phi) is 6.29. The smallest absolute Gasteiger partial charge is 0.0898 e. The Hall–Kier alpha value is -3.32. The van der Waals surface area contributed by atoms with Crippen molar-refractivity contribution in [1.82, 2.24) is 19.9 Å². The maximum absolute atomic E-state index is 4.37. The van der Waals surface area contributed by atoms with Crippen molar-refractivity contribution in [2.75, 3.05) is 0 Å². The number of aromatic nitrogens is 4. The normalized spacial score (nSPS) is 9.80. The zero-order valence-electron chi connectivity index (χ0n) is 15.5. The average molecular weight is 516 g/mol. The largest absolute Gasteiger partial charge is 0.255 e. The van der Waals surface area contributed by atoms with Gasteiger partial charge in [0.15, 0.2) is 0 Å². The molecular weight excluding hydrogens is 504 g/mol. The van der Waals surface area contributed by atoms with Crippen molar-refractivity contribution in [1.29, 1.82) is 0 Å². The summed E-state index contributed by atoms with van der Waals surface area (Å²) < 4.78 is 1.90. The maximum atomic E-state index is 4.37. The highest BCUT2D eigenvalue weighted by Gasteiger charge is 2.03. The lowest BCUT2D eigenvalue weighted by molar-refractivity contribution is 1.24. The van der Waals surface area contributed by atoms with Crippen LogP contribution in [-0.4, -0.2) is 19.9 Å². The molecule has 0 fully saturated rings. The fourth-order valence-electron chi connectivity index (χ4n) is 2.59. The molecule has 0 saturated carbocycles. The van der Waals surface area contributed by atoms with Gasteiger partial charge >= 0.3 is 0 Å². The predicted octanol–water partition coefficient (Wildman–Crippen LogP) is 5.53. The SMILES string of the molecule is Brc1ccnc(-c2cc(C#CC#Cc3ccnc(-c4cc(Br)ccn4)c3)ccn2)c1. The lowest BCUT2D eigenvalue weighted by Gasteiger charge is -2.00. The summed E-state index contributed by atoms with van der Waals surface area (Å²) in [6.45, 7) is 0. The third-order valence-corrected chi connectivity index (χ3v) is 4.95. The molecule has 0 unspecified atom stereocenters. The Morgan fingerprint density at radius 1 is 0.500 bits per heavy atom. The molecule has 0 aliphatic heterocycles. The van der Waals surface area contributed by atoms with Crippen molar-refractivity contribution in [2.24, 2.45) is 0 Å². The van der Waals surface area contributed by atoms with E-state index >= 15 is 0 Å². The van der Waals surface area contributed by atoms with Crippen molar-refractivity contribution in [3.05, 3.63) is 93.4 Å². The molecule has 4 heterocycles. The van der Waals surface area contributed by atoms with Gasteiger partial charge in [-0.3, -0.25) is 19.9 Å². The fraction of sp³-hybridized carbons (Fsp3) is 0. The van der Waals surface area contributed by atoms with E-state index in [0.29, 0.717) is 0 Å². The second kappa shape index (κ2) is 9.45. The molecule has 0 saturated heterocycles. The first kappa shape index (κ1) is 20.0. The summed E-state index contributed by atoms with van der Waals surface area (Å²) in [5.41, 5.74) is 4.73. The molecule has 0 atom stereocenters. The van der Waals surface area contributed by atoms with Crippen LogP contribution in [0.15, 0.2) is 82.3 Å². The highest BCUT2D eigenvalue weighted by molar-refractivity contribution is 9.10. The number of hydrogen-bond donors (Lipinski definition) is 0. The first-order valence-corrected chi connectivity index (χ1v) is 10.4. The van der Waals surface area contributed by atoms with E-state index < -0.39 is 0 Å². The van der Waals surface area contributed by atoms with Crippen LogP contribution in [0.2, 0.25) is 0 Å². The van der Waals surface area contributed by atoms with Crippen LogP contribution in [-0.2, 0) is 0 Å². The van der Waals surface area contributed by atoms with Crippen LogP contribution in [0.25, 0.3) is 22.8 Å². The second-order valence-corrected chi connectivity index (χ2v) is 7.91. The van der Waals surface area contributed by atoms with E-state index in [4.69, 9.17) is 0 Å². The first-order chi connectivity index (χ1) is 14.7. The summed E-state index contributed by atoms with van der Waals surface area (Å²) in [6.07, 6.45) is 6.90. The number of hydrogen-bond acceptors (Lipinski definition) is 4. The summed E-state index contributed by atoms with van der Waals surface area (Å²) >= 11 is 6.90. The van der Waals surface area contributed by atoms with Crippen molar-refractivity contribution in [3.63, 3.8) is 0 Å². The van der Waals surface area contributed by atoms with E-state index in [0.717, 1.165) is 42.8 Å². The van der Waals surface area contributed by atoms with Crippen LogP contribution in [0.5, 0.6) is 0 Å². The van der Waals surface area contributed by atoms with Gasteiger partial charge in [0.1, 0.15) is 0 Å². The van der Waals surface area contributed by atoms with E-state index in [2.05, 4.69) is 75.5 Å². The zero-order valence-corrected chi connectivity index (χ0v) is 18.6. The molecule has 0 spiro atoms. The third-order valence-electron chi connectivity index (χ3n) is 3.96. The van der Waals surface area contributed by atoms with Gasteiger partial charge in [-0.2, -0.15) is 0 Å². The predicted molar refractivity (Wildman–Crippen MR) is 124 cm³/mol. The van der Waals surface area contributed by atoms with Crippen molar-refractivity contribution < 1.29 is 0 Å². The molecule has 0 aromatic carbocycles. The summed E-state index contributed by atoms with van der Waals surface area (Å²) in [6, 6.07) is 15.1. The number of halogens is 2. The van der Waals surface area contributed by atoms with Gasteiger partial charge in [0.2, 0.25) is 0 Å². The van der Waals surface area contributed by atoms with Crippen LogP contribution in [0.3, 0.4) is 0 Å². The quantitative estimate of drug-likeness (QED) is 0.329. The minimum absolute atomic E-state index is 0.761. The van der Waals surface area contributed by atoms with Crippen LogP contribution in [0, 0.1) is 23.7 Å². The number of nitrogens with zero attached hydrogens (tertiary/aromatic N) is 4. The molecule has 0 bridgehead atoms. The second-order valence-electron chi connectivity index (χ2n) is 6.08. The Morgan fingerprint density at radius 3 is 1.27 bits per heavy atom. The molecule has 0 radical (unpaired) electrons. The summed E-state index contributed by atoms with van der Waals surface area (Å²) in [4.78, 5) is 17.4. The molecule has 0 aliphatic carbocycles. The average Bonchev–Trinajstić information content (AvgIpc) is 2.77. The van der Waals surface area contributed by atoms with Crippen molar-refractivity contribution >= 4 is 31.9 Å².